The van der Waals surface area contributed by atoms with Crippen LogP contribution in [0.5, 0.6) is 0 Å². The van der Waals surface area contributed by atoms with Crippen LogP contribution >= 0.6 is 23.6 Å². The van der Waals surface area contributed by atoms with Crippen molar-refractivity contribution < 1.29 is 4.52 Å². The summed E-state index contributed by atoms with van der Waals surface area (Å²) in [7, 11) is 0. The fourth-order valence-corrected chi connectivity index (χ4v) is 5.24. The lowest BCUT2D eigenvalue weighted by molar-refractivity contribution is 0.396. The third-order valence-corrected chi connectivity index (χ3v) is 7.49. The number of allylic oxidation sites excluding steroid dienone is 1. The quantitative estimate of drug-likeness (QED) is 0.321. The minimum Gasteiger partial charge on any atom is -0.351 e. The third kappa shape index (κ3) is 4.29. The molecule has 5 rings (SSSR count). The second-order valence-corrected chi connectivity index (χ2v) is 10.0. The van der Waals surface area contributed by atoms with Crippen molar-refractivity contribution in [3.05, 3.63) is 99.4 Å². The standard InChI is InChI=1S/C27H26N4OS2/c1-16-7-5-8-20(13-16)15-31-19(4)23(26-29-25(30-32-26)22-9-6-12-34-22)24(28-27(31)33)21-11-10-17(2)18(3)14-21/h5-14,24H,15H2,1-4H3,(H,28,33). The van der Waals surface area contributed by atoms with Crippen molar-refractivity contribution in [3.63, 3.8) is 0 Å². The van der Waals surface area contributed by atoms with Crippen molar-refractivity contribution in [2.45, 2.75) is 40.3 Å². The van der Waals surface area contributed by atoms with Crippen molar-refractivity contribution >= 4 is 34.2 Å². The number of nitrogens with one attached hydrogen (secondary N) is 1. The highest BCUT2D eigenvalue weighted by Gasteiger charge is 2.34. The number of hydrogen-bond donors (Lipinski definition) is 1. The molecule has 0 radical (unpaired) electrons. The molecular formula is C27H26N4OS2. The molecule has 172 valence electrons. The minimum absolute atomic E-state index is 0.183. The van der Waals surface area contributed by atoms with E-state index in [0.29, 0.717) is 23.4 Å². The Balaban J connectivity index is 1.61. The van der Waals surface area contributed by atoms with Gasteiger partial charge in [-0.15, -0.1) is 11.3 Å². The Morgan fingerprint density at radius 2 is 1.88 bits per heavy atom. The summed E-state index contributed by atoms with van der Waals surface area (Å²) in [6.45, 7) is 9.09. The van der Waals surface area contributed by atoms with Gasteiger partial charge in [-0.1, -0.05) is 59.3 Å². The van der Waals surface area contributed by atoms with E-state index in [0.717, 1.165) is 21.7 Å². The fourth-order valence-electron chi connectivity index (χ4n) is 4.27. The zero-order chi connectivity index (χ0) is 23.8. The first-order valence-corrected chi connectivity index (χ1v) is 12.5. The van der Waals surface area contributed by atoms with E-state index in [2.05, 4.69) is 85.5 Å². The third-order valence-electron chi connectivity index (χ3n) is 6.28. The highest BCUT2D eigenvalue weighted by atomic mass is 32.1. The Morgan fingerprint density at radius 3 is 2.62 bits per heavy atom. The molecule has 2 aromatic heterocycles. The Bertz CT molecular complexity index is 1390. The minimum atomic E-state index is -0.183. The average molecular weight is 487 g/mol. The summed E-state index contributed by atoms with van der Waals surface area (Å²) in [5.41, 5.74) is 7.97. The number of thiophene rings is 1. The first-order chi connectivity index (χ1) is 16.4. The topological polar surface area (TPSA) is 54.2 Å². The maximum atomic E-state index is 5.86. The molecule has 4 aromatic rings. The van der Waals surface area contributed by atoms with Gasteiger partial charge in [-0.05, 0) is 73.6 Å². The average Bonchev–Trinajstić information content (AvgIpc) is 3.50. The molecule has 0 spiro atoms. The molecule has 1 N–H and O–H groups in total. The number of aryl methyl sites for hydroxylation is 3. The summed E-state index contributed by atoms with van der Waals surface area (Å²) >= 11 is 7.45. The molecular weight excluding hydrogens is 460 g/mol. The van der Waals surface area contributed by atoms with Gasteiger partial charge in [-0.2, -0.15) is 4.98 Å². The maximum absolute atomic E-state index is 5.86. The van der Waals surface area contributed by atoms with Crippen LogP contribution in [-0.2, 0) is 6.54 Å². The van der Waals surface area contributed by atoms with Crippen LogP contribution in [0.25, 0.3) is 16.3 Å². The van der Waals surface area contributed by atoms with E-state index in [4.69, 9.17) is 21.7 Å². The van der Waals surface area contributed by atoms with Crippen molar-refractivity contribution in [2.24, 2.45) is 0 Å². The van der Waals surface area contributed by atoms with E-state index in [1.54, 1.807) is 11.3 Å². The van der Waals surface area contributed by atoms with Gasteiger partial charge in [0.15, 0.2) is 5.11 Å². The number of benzene rings is 2. The molecule has 34 heavy (non-hydrogen) atoms. The smallest absolute Gasteiger partial charge is 0.258 e. The zero-order valence-corrected chi connectivity index (χ0v) is 21.3. The highest BCUT2D eigenvalue weighted by Crippen LogP contribution is 2.38. The number of thiocarbonyl (C=S) groups is 1. The normalized spacial score (nSPS) is 16.2. The number of hydrogen-bond acceptors (Lipinski definition) is 5. The predicted molar refractivity (Wildman–Crippen MR) is 141 cm³/mol. The molecule has 0 amide bonds. The predicted octanol–water partition coefficient (Wildman–Crippen LogP) is 6.59. The van der Waals surface area contributed by atoms with Crippen LogP contribution in [0.15, 0.2) is 70.2 Å². The summed E-state index contributed by atoms with van der Waals surface area (Å²) in [5, 5.41) is 10.5. The van der Waals surface area contributed by atoms with Crippen molar-refractivity contribution in [2.75, 3.05) is 0 Å². The van der Waals surface area contributed by atoms with Crippen LogP contribution in [0.3, 0.4) is 0 Å². The van der Waals surface area contributed by atoms with Crippen molar-refractivity contribution in [3.8, 4) is 10.7 Å². The van der Waals surface area contributed by atoms with Gasteiger partial charge in [-0.25, -0.2) is 0 Å². The lowest BCUT2D eigenvalue weighted by atomic mass is 9.92. The summed E-state index contributed by atoms with van der Waals surface area (Å²) < 4.78 is 5.83. The number of nitrogens with zero attached hydrogens (tertiary/aromatic N) is 3. The van der Waals surface area contributed by atoms with E-state index in [-0.39, 0.29) is 6.04 Å². The Morgan fingerprint density at radius 1 is 1.03 bits per heavy atom. The molecule has 1 aliphatic heterocycles. The highest BCUT2D eigenvalue weighted by molar-refractivity contribution is 7.80. The van der Waals surface area contributed by atoms with Crippen LogP contribution in [0.2, 0.25) is 0 Å². The monoisotopic (exact) mass is 486 g/mol. The Labute approximate surface area is 209 Å². The van der Waals surface area contributed by atoms with Gasteiger partial charge < -0.3 is 14.7 Å². The molecule has 7 heteroatoms. The van der Waals surface area contributed by atoms with Crippen molar-refractivity contribution in [1.82, 2.24) is 20.4 Å². The second-order valence-electron chi connectivity index (χ2n) is 8.70. The number of rotatable bonds is 5. The Kier molecular flexibility index (Phi) is 6.06. The van der Waals surface area contributed by atoms with Gasteiger partial charge in [0.1, 0.15) is 0 Å². The molecule has 0 bridgehead atoms. The summed E-state index contributed by atoms with van der Waals surface area (Å²) in [6, 6.07) is 18.8. The summed E-state index contributed by atoms with van der Waals surface area (Å²) in [6.07, 6.45) is 0. The van der Waals surface area contributed by atoms with Gasteiger partial charge in [-0.3, -0.25) is 0 Å². The first kappa shape index (κ1) is 22.5. The molecule has 0 saturated carbocycles. The van der Waals surface area contributed by atoms with Crippen LogP contribution in [0, 0.1) is 20.8 Å². The zero-order valence-electron chi connectivity index (χ0n) is 19.6. The SMILES string of the molecule is CC1=C(c2nc(-c3cccs3)no2)C(c2ccc(C)c(C)c2)NC(=S)N1Cc1cccc(C)c1. The molecule has 0 saturated heterocycles. The van der Waals surface area contributed by atoms with Gasteiger partial charge in [0.05, 0.1) is 16.5 Å². The Hall–Kier alpha value is -3.29. The van der Waals surface area contributed by atoms with Crippen LogP contribution in [-0.4, -0.2) is 20.2 Å². The van der Waals surface area contributed by atoms with Gasteiger partial charge >= 0.3 is 0 Å². The summed E-state index contributed by atoms with van der Waals surface area (Å²) in [5.74, 6) is 1.11. The molecule has 0 fully saturated rings. The van der Waals surface area contributed by atoms with Gasteiger partial charge in [0.2, 0.25) is 5.82 Å². The second kappa shape index (κ2) is 9.16. The molecule has 1 aliphatic rings. The lowest BCUT2D eigenvalue weighted by Gasteiger charge is -2.37. The van der Waals surface area contributed by atoms with Crippen LogP contribution in [0.1, 0.15) is 46.7 Å². The van der Waals surface area contributed by atoms with E-state index in [1.807, 2.05) is 17.5 Å². The first-order valence-electron chi connectivity index (χ1n) is 11.2. The molecule has 2 aromatic carbocycles. The molecule has 0 aliphatic carbocycles. The largest absolute Gasteiger partial charge is 0.351 e. The van der Waals surface area contributed by atoms with Crippen LogP contribution < -0.4 is 5.32 Å². The lowest BCUT2D eigenvalue weighted by Crippen LogP contribution is -2.45. The van der Waals surface area contributed by atoms with Gasteiger partial charge in [0.25, 0.3) is 5.89 Å². The maximum Gasteiger partial charge on any atom is 0.258 e. The molecule has 1 unspecified atom stereocenters. The van der Waals surface area contributed by atoms with E-state index >= 15 is 0 Å². The van der Waals surface area contributed by atoms with E-state index in [9.17, 15) is 0 Å². The summed E-state index contributed by atoms with van der Waals surface area (Å²) in [4.78, 5) is 7.88. The van der Waals surface area contributed by atoms with Crippen LogP contribution in [0.4, 0.5) is 0 Å². The number of aromatic nitrogens is 2. The fraction of sp³-hybridized carbons (Fsp3) is 0.222. The molecule has 5 nitrogen and oxygen atoms in total. The van der Waals surface area contributed by atoms with E-state index in [1.165, 1.54) is 22.3 Å². The van der Waals surface area contributed by atoms with Gasteiger partial charge in [0, 0.05) is 12.2 Å². The van der Waals surface area contributed by atoms with E-state index < -0.39 is 0 Å². The van der Waals surface area contributed by atoms with Crippen molar-refractivity contribution in [1.29, 1.82) is 0 Å². The molecule has 1 atom stereocenters. The molecule has 3 heterocycles.